The van der Waals surface area contributed by atoms with Crippen molar-refractivity contribution >= 4 is 17.9 Å². The van der Waals surface area contributed by atoms with Crippen molar-refractivity contribution in [3.05, 3.63) is 41.5 Å². The third-order valence-corrected chi connectivity index (χ3v) is 2.48. The van der Waals surface area contributed by atoms with Crippen molar-refractivity contribution in [2.75, 3.05) is 14.2 Å². The van der Waals surface area contributed by atoms with Gasteiger partial charge in [-0.05, 0) is 19.9 Å². The maximum absolute atomic E-state index is 10.9. The van der Waals surface area contributed by atoms with Crippen molar-refractivity contribution in [1.82, 2.24) is 0 Å². The van der Waals surface area contributed by atoms with E-state index >= 15 is 0 Å². The molecule has 0 unspecified atom stereocenters. The Kier molecular flexibility index (Phi) is 4.64. The van der Waals surface area contributed by atoms with Crippen molar-refractivity contribution in [3.8, 4) is 0 Å². The molecule has 0 bridgehead atoms. The van der Waals surface area contributed by atoms with E-state index < -0.39 is 0 Å². The Morgan fingerprint density at radius 3 is 2.65 bits per heavy atom. The van der Waals surface area contributed by atoms with Gasteiger partial charge in [-0.3, -0.25) is 0 Å². The molecule has 0 heterocycles. The van der Waals surface area contributed by atoms with E-state index in [2.05, 4.69) is 36.8 Å². The number of hydrogen-bond donors (Lipinski definition) is 0. The maximum Gasteiger partial charge on any atom is 0.330 e. The molecule has 0 aromatic heterocycles. The highest BCUT2D eigenvalue weighted by molar-refractivity contribution is 5.86. The largest absolute Gasteiger partial charge is 0.466 e. The number of methoxy groups -OCH3 is 1. The number of esters is 1. The van der Waals surface area contributed by atoms with Gasteiger partial charge >= 0.3 is 5.97 Å². The van der Waals surface area contributed by atoms with Crippen LogP contribution >= 0.6 is 0 Å². The number of rotatable bonds is 3. The van der Waals surface area contributed by atoms with E-state index in [1.165, 1.54) is 24.3 Å². The van der Waals surface area contributed by atoms with Gasteiger partial charge in [-0.1, -0.05) is 11.6 Å². The Morgan fingerprint density at radius 1 is 1.35 bits per heavy atom. The van der Waals surface area contributed by atoms with Crippen LogP contribution < -0.4 is 0 Å². The lowest BCUT2D eigenvalue weighted by Gasteiger charge is -2.01. The first-order valence-corrected chi connectivity index (χ1v) is 5.44. The van der Waals surface area contributed by atoms with Crippen LogP contribution in [0.3, 0.4) is 0 Å². The lowest BCUT2D eigenvalue weighted by atomic mass is 10.1. The Balaban J connectivity index is 2.89. The van der Waals surface area contributed by atoms with E-state index in [1.54, 1.807) is 6.08 Å². The van der Waals surface area contributed by atoms with E-state index in [0.717, 1.165) is 5.69 Å². The van der Waals surface area contributed by atoms with Crippen LogP contribution in [-0.4, -0.2) is 30.9 Å². The summed E-state index contributed by atoms with van der Waals surface area (Å²) < 4.78 is 6.48. The number of aryl methyl sites for hydroxylation is 2. The Labute approximate surface area is 102 Å². The Bertz CT molecular complexity index is 473. The third-order valence-electron chi connectivity index (χ3n) is 2.48. The highest BCUT2D eigenvalue weighted by atomic mass is 16.5. The number of allylic oxidation sites excluding steroid dienone is 1. The van der Waals surface area contributed by atoms with E-state index in [-0.39, 0.29) is 5.97 Å². The van der Waals surface area contributed by atoms with Gasteiger partial charge in [0.05, 0.1) is 7.11 Å². The van der Waals surface area contributed by atoms with Gasteiger partial charge in [0.25, 0.3) is 0 Å². The molecule has 0 aliphatic rings. The van der Waals surface area contributed by atoms with Crippen LogP contribution in [0, 0.1) is 13.8 Å². The molecular formula is C14H18NO2+. The fourth-order valence-electron chi connectivity index (χ4n) is 1.60. The van der Waals surface area contributed by atoms with Crippen molar-refractivity contribution in [2.45, 2.75) is 13.8 Å². The zero-order valence-corrected chi connectivity index (χ0v) is 10.7. The van der Waals surface area contributed by atoms with E-state index in [4.69, 9.17) is 0 Å². The van der Waals surface area contributed by atoms with Gasteiger partial charge in [-0.2, -0.15) is 0 Å². The first-order chi connectivity index (χ1) is 8.04. The summed E-state index contributed by atoms with van der Waals surface area (Å²) in [5, 5.41) is 0. The van der Waals surface area contributed by atoms with Crippen molar-refractivity contribution in [1.29, 1.82) is 0 Å². The normalized spacial score (nSPS) is 11.9. The molecule has 0 aliphatic carbocycles. The van der Waals surface area contributed by atoms with Crippen LogP contribution in [0.1, 0.15) is 11.1 Å². The summed E-state index contributed by atoms with van der Waals surface area (Å²) in [5.41, 5.74) is 3.56. The molecule has 0 atom stereocenters. The topological polar surface area (TPSA) is 29.3 Å². The number of hydrogen-bond acceptors (Lipinski definition) is 2. The number of benzene rings is 1. The Morgan fingerprint density at radius 2 is 2.06 bits per heavy atom. The number of carbonyl (C=O) groups is 1. The molecule has 1 aromatic rings. The number of ether oxygens (including phenoxy) is 1. The minimum atomic E-state index is -0.352. The molecule has 3 heteroatoms. The summed E-state index contributed by atoms with van der Waals surface area (Å²) in [6.07, 6.45) is 4.89. The average Bonchev–Trinajstić information content (AvgIpc) is 2.28. The molecule has 0 saturated carbocycles. The molecule has 0 aliphatic heterocycles. The van der Waals surface area contributed by atoms with Gasteiger partial charge in [0.1, 0.15) is 7.05 Å². The van der Waals surface area contributed by atoms with Gasteiger partial charge in [0.15, 0.2) is 6.21 Å². The Hall–Kier alpha value is -1.90. The number of nitrogens with zero attached hydrogens (tertiary/aromatic N) is 1. The van der Waals surface area contributed by atoms with E-state index in [1.807, 2.05) is 17.8 Å². The van der Waals surface area contributed by atoms with Gasteiger partial charge in [-0.15, -0.1) is 0 Å². The van der Waals surface area contributed by atoms with Crippen LogP contribution in [0.25, 0.3) is 0 Å². The first-order valence-electron chi connectivity index (χ1n) is 5.44. The van der Waals surface area contributed by atoms with Gasteiger partial charge in [0.2, 0.25) is 5.69 Å². The van der Waals surface area contributed by atoms with Gasteiger partial charge in [-0.25, -0.2) is 9.37 Å². The van der Waals surface area contributed by atoms with Crippen LogP contribution in [0.15, 0.2) is 30.4 Å². The lowest BCUT2D eigenvalue weighted by Crippen LogP contribution is -2.01. The van der Waals surface area contributed by atoms with Crippen LogP contribution in [0.4, 0.5) is 5.69 Å². The summed E-state index contributed by atoms with van der Waals surface area (Å²) in [5.74, 6) is -0.352. The van der Waals surface area contributed by atoms with Crippen molar-refractivity contribution < 1.29 is 14.1 Å². The molecule has 0 saturated heterocycles. The van der Waals surface area contributed by atoms with Crippen LogP contribution in [-0.2, 0) is 9.53 Å². The zero-order valence-electron chi connectivity index (χ0n) is 10.7. The highest BCUT2D eigenvalue weighted by Crippen LogP contribution is 2.17. The minimum Gasteiger partial charge on any atom is -0.466 e. The fourth-order valence-corrected chi connectivity index (χ4v) is 1.60. The molecule has 1 rings (SSSR count). The maximum atomic E-state index is 10.9. The summed E-state index contributed by atoms with van der Waals surface area (Å²) >= 11 is 0. The van der Waals surface area contributed by atoms with Crippen LogP contribution in [0.5, 0.6) is 0 Å². The van der Waals surface area contributed by atoms with Crippen molar-refractivity contribution in [3.63, 3.8) is 0 Å². The fraction of sp³-hybridized carbons (Fsp3) is 0.286. The number of carbonyl (C=O) groups excluding carboxylic acids is 1. The molecule has 90 valence electrons. The van der Waals surface area contributed by atoms with Gasteiger partial charge in [0, 0.05) is 23.8 Å². The molecule has 3 nitrogen and oxygen atoms in total. The summed E-state index contributed by atoms with van der Waals surface area (Å²) in [7, 11) is 3.31. The SMILES string of the molecule is COC(=O)/C=C/C=[N+](C)c1ccc(C)cc1C. The molecule has 1 aromatic carbocycles. The predicted molar refractivity (Wildman–Crippen MR) is 69.0 cm³/mol. The van der Waals surface area contributed by atoms with Gasteiger partial charge < -0.3 is 4.74 Å². The molecule has 0 fully saturated rings. The molecule has 0 radical (unpaired) electrons. The molecule has 0 N–H and O–H groups in total. The smallest absolute Gasteiger partial charge is 0.330 e. The van der Waals surface area contributed by atoms with Crippen LogP contribution in [0.2, 0.25) is 0 Å². The second-order valence-corrected chi connectivity index (χ2v) is 3.93. The standard InChI is InChI=1S/C14H18NO2/c1-11-7-8-13(12(2)10-11)15(3)9-5-6-14(16)17-4/h5-10H,1-4H3/q+1/b6-5+,15-9?. The second-order valence-electron chi connectivity index (χ2n) is 3.93. The van der Waals surface area contributed by atoms with E-state index in [0.29, 0.717) is 0 Å². The van der Waals surface area contributed by atoms with E-state index in [9.17, 15) is 4.79 Å². The third kappa shape index (κ3) is 3.87. The summed E-state index contributed by atoms with van der Waals surface area (Å²) in [6.45, 7) is 4.13. The zero-order chi connectivity index (χ0) is 12.8. The molecule has 0 amide bonds. The minimum absolute atomic E-state index is 0.352. The predicted octanol–water partition coefficient (Wildman–Crippen LogP) is 2.38. The molecular weight excluding hydrogens is 214 g/mol. The first kappa shape index (κ1) is 13.2. The molecule has 0 spiro atoms. The average molecular weight is 232 g/mol. The van der Waals surface area contributed by atoms with Crippen molar-refractivity contribution in [2.24, 2.45) is 0 Å². The molecule has 17 heavy (non-hydrogen) atoms. The monoisotopic (exact) mass is 232 g/mol. The summed E-state index contributed by atoms with van der Waals surface area (Å²) in [4.78, 5) is 10.9. The quantitative estimate of drug-likeness (QED) is 0.346. The lowest BCUT2D eigenvalue weighted by molar-refractivity contribution is -0.399. The second kappa shape index (κ2) is 5.99. The highest BCUT2D eigenvalue weighted by Gasteiger charge is 2.06. The summed E-state index contributed by atoms with van der Waals surface area (Å²) in [6, 6.07) is 6.26.